The summed E-state index contributed by atoms with van der Waals surface area (Å²) in [7, 11) is 1.62. The molecule has 1 N–H and O–H groups in total. The second-order valence-electron chi connectivity index (χ2n) is 6.76. The fourth-order valence-corrected chi connectivity index (χ4v) is 3.05. The largest absolute Gasteiger partial charge is 0.497 e. The maximum Gasteiger partial charge on any atom is 0.165 e. The van der Waals surface area contributed by atoms with Crippen molar-refractivity contribution in [2.45, 2.75) is 26.3 Å². The maximum atomic E-state index is 12.9. The van der Waals surface area contributed by atoms with Crippen molar-refractivity contribution in [3.8, 4) is 5.75 Å². The van der Waals surface area contributed by atoms with Crippen molar-refractivity contribution in [3.05, 3.63) is 95.1 Å². The molecule has 0 heterocycles. The van der Waals surface area contributed by atoms with Gasteiger partial charge in [-0.3, -0.25) is 4.79 Å². The van der Waals surface area contributed by atoms with Crippen LogP contribution < -0.4 is 10.1 Å². The summed E-state index contributed by atoms with van der Waals surface area (Å²) in [6.07, 6.45) is 0.378. The smallest absolute Gasteiger partial charge is 0.165 e. The van der Waals surface area contributed by atoms with Gasteiger partial charge in [0.1, 0.15) is 5.75 Å². The zero-order valence-electron chi connectivity index (χ0n) is 16.0. The quantitative estimate of drug-likeness (QED) is 0.547. The Bertz CT molecular complexity index is 901. The highest BCUT2D eigenvalue weighted by Crippen LogP contribution is 2.26. The third-order valence-electron chi connectivity index (χ3n) is 4.85. The molecule has 0 saturated heterocycles. The first-order valence-electron chi connectivity index (χ1n) is 9.13. The molecule has 0 spiro atoms. The fraction of sp³-hybridized carbons (Fsp3) is 0.208. The number of rotatable bonds is 7. The average Bonchev–Trinajstić information content (AvgIpc) is 2.71. The minimum absolute atomic E-state index is 0.0945. The van der Waals surface area contributed by atoms with Gasteiger partial charge >= 0.3 is 0 Å². The Morgan fingerprint density at radius 2 is 1.63 bits per heavy atom. The summed E-state index contributed by atoms with van der Waals surface area (Å²) in [6.45, 7) is 4.20. The van der Waals surface area contributed by atoms with E-state index >= 15 is 0 Å². The molecule has 0 aliphatic carbocycles. The summed E-state index contributed by atoms with van der Waals surface area (Å²) < 4.78 is 5.18. The zero-order valence-corrected chi connectivity index (χ0v) is 16.0. The number of ketones is 1. The van der Waals surface area contributed by atoms with Crippen molar-refractivity contribution in [3.63, 3.8) is 0 Å². The van der Waals surface area contributed by atoms with Crippen LogP contribution in [0, 0.1) is 13.8 Å². The minimum Gasteiger partial charge on any atom is -0.497 e. The van der Waals surface area contributed by atoms with Crippen LogP contribution in [-0.4, -0.2) is 12.9 Å². The summed E-state index contributed by atoms with van der Waals surface area (Å²) >= 11 is 0. The van der Waals surface area contributed by atoms with Crippen LogP contribution in [-0.2, 0) is 0 Å². The Hall–Kier alpha value is -3.07. The van der Waals surface area contributed by atoms with Crippen molar-refractivity contribution >= 4 is 11.5 Å². The Balaban J connectivity index is 1.83. The number of ether oxygens (including phenoxy) is 1. The van der Waals surface area contributed by atoms with Crippen LogP contribution in [0.25, 0.3) is 0 Å². The van der Waals surface area contributed by atoms with Crippen LogP contribution in [0.5, 0.6) is 5.75 Å². The van der Waals surface area contributed by atoms with Crippen LogP contribution in [0.4, 0.5) is 5.69 Å². The molecule has 27 heavy (non-hydrogen) atoms. The Kier molecular flexibility index (Phi) is 5.92. The summed E-state index contributed by atoms with van der Waals surface area (Å²) in [6, 6.07) is 23.6. The van der Waals surface area contributed by atoms with Gasteiger partial charge in [0.05, 0.1) is 13.2 Å². The third kappa shape index (κ3) is 4.76. The molecular weight excluding hydrogens is 334 g/mol. The molecule has 138 valence electrons. The number of carbonyl (C=O) groups excluding carboxylic acids is 1. The van der Waals surface area contributed by atoms with Gasteiger partial charge in [-0.2, -0.15) is 0 Å². The van der Waals surface area contributed by atoms with Gasteiger partial charge < -0.3 is 10.1 Å². The molecule has 0 fully saturated rings. The van der Waals surface area contributed by atoms with E-state index in [2.05, 4.69) is 49.5 Å². The van der Waals surface area contributed by atoms with E-state index in [9.17, 15) is 4.79 Å². The van der Waals surface area contributed by atoms with Crippen molar-refractivity contribution in [1.29, 1.82) is 0 Å². The lowest BCUT2D eigenvalue weighted by atomic mass is 9.97. The third-order valence-corrected chi connectivity index (χ3v) is 4.85. The number of nitrogens with one attached hydrogen (secondary N) is 1. The molecule has 0 aliphatic rings. The van der Waals surface area contributed by atoms with Crippen molar-refractivity contribution in [1.82, 2.24) is 0 Å². The molecule has 1 atom stereocenters. The lowest BCUT2D eigenvalue weighted by molar-refractivity contribution is 0.0976. The second-order valence-corrected chi connectivity index (χ2v) is 6.76. The molecule has 0 aromatic heterocycles. The van der Waals surface area contributed by atoms with E-state index in [0.717, 1.165) is 17.0 Å². The molecule has 3 heteroatoms. The lowest BCUT2D eigenvalue weighted by Gasteiger charge is -2.21. The summed E-state index contributed by atoms with van der Waals surface area (Å²) in [5.41, 5.74) is 5.30. The van der Waals surface area contributed by atoms with Crippen molar-refractivity contribution in [2.75, 3.05) is 12.4 Å². The van der Waals surface area contributed by atoms with Gasteiger partial charge in [0, 0.05) is 17.7 Å². The summed E-state index contributed by atoms with van der Waals surface area (Å²) in [5.74, 6) is 0.849. The first-order valence-corrected chi connectivity index (χ1v) is 9.13. The van der Waals surface area contributed by atoms with Crippen LogP contribution in [0.15, 0.2) is 72.8 Å². The molecule has 0 bridgehead atoms. The van der Waals surface area contributed by atoms with Crippen LogP contribution >= 0.6 is 0 Å². The Labute approximate surface area is 161 Å². The number of Topliss-reactive ketones (excluding diaryl/α,β-unsaturated/α-hetero) is 1. The van der Waals surface area contributed by atoms with E-state index in [1.807, 2.05) is 42.5 Å². The normalized spacial score (nSPS) is 11.7. The van der Waals surface area contributed by atoms with Crippen LogP contribution in [0.2, 0.25) is 0 Å². The number of carbonyl (C=O) groups is 1. The Morgan fingerprint density at radius 3 is 2.26 bits per heavy atom. The van der Waals surface area contributed by atoms with Gasteiger partial charge in [-0.05, 0) is 66.9 Å². The molecule has 3 nitrogen and oxygen atoms in total. The maximum absolute atomic E-state index is 12.9. The molecule has 0 radical (unpaired) electrons. The van der Waals surface area contributed by atoms with E-state index in [1.165, 1.54) is 11.1 Å². The number of hydrogen-bond acceptors (Lipinski definition) is 3. The van der Waals surface area contributed by atoms with Crippen LogP contribution in [0.1, 0.15) is 39.5 Å². The van der Waals surface area contributed by atoms with E-state index in [4.69, 9.17) is 4.74 Å². The number of aryl methyl sites for hydroxylation is 2. The van der Waals surface area contributed by atoms with Gasteiger partial charge in [-0.25, -0.2) is 0 Å². The summed E-state index contributed by atoms with van der Waals surface area (Å²) in [5, 5.41) is 3.54. The first-order chi connectivity index (χ1) is 13.1. The minimum atomic E-state index is -0.0945. The van der Waals surface area contributed by atoms with Crippen LogP contribution in [0.3, 0.4) is 0 Å². The fourth-order valence-electron chi connectivity index (χ4n) is 3.05. The zero-order chi connectivity index (χ0) is 19.2. The topological polar surface area (TPSA) is 38.3 Å². The number of benzene rings is 3. The number of methoxy groups -OCH3 is 1. The van der Waals surface area contributed by atoms with Crippen molar-refractivity contribution < 1.29 is 9.53 Å². The predicted octanol–water partition coefficient (Wildman–Crippen LogP) is 5.74. The highest BCUT2D eigenvalue weighted by Gasteiger charge is 2.17. The monoisotopic (exact) mass is 359 g/mol. The Morgan fingerprint density at radius 1 is 0.926 bits per heavy atom. The highest BCUT2D eigenvalue weighted by atomic mass is 16.5. The van der Waals surface area contributed by atoms with Gasteiger partial charge in [0.25, 0.3) is 0 Å². The molecule has 0 amide bonds. The second kappa shape index (κ2) is 8.54. The molecular formula is C24H25NO2. The molecule has 3 rings (SSSR count). The number of anilines is 1. The predicted molar refractivity (Wildman–Crippen MR) is 111 cm³/mol. The van der Waals surface area contributed by atoms with E-state index < -0.39 is 0 Å². The molecule has 3 aromatic carbocycles. The average molecular weight is 359 g/mol. The van der Waals surface area contributed by atoms with Gasteiger partial charge in [-0.1, -0.05) is 36.4 Å². The first kappa shape index (κ1) is 18.7. The lowest BCUT2D eigenvalue weighted by Crippen LogP contribution is -2.16. The molecule has 0 unspecified atom stereocenters. The molecule has 0 saturated carbocycles. The van der Waals surface area contributed by atoms with E-state index in [-0.39, 0.29) is 11.8 Å². The van der Waals surface area contributed by atoms with Gasteiger partial charge in [0.15, 0.2) is 5.78 Å². The number of hydrogen-bond donors (Lipinski definition) is 1. The van der Waals surface area contributed by atoms with E-state index in [1.54, 1.807) is 7.11 Å². The summed E-state index contributed by atoms with van der Waals surface area (Å²) in [4.78, 5) is 12.9. The molecule has 3 aromatic rings. The van der Waals surface area contributed by atoms with Crippen molar-refractivity contribution in [2.24, 2.45) is 0 Å². The standard InChI is InChI=1S/C24H25NO2/c1-17-9-12-21(15-18(17)2)25-23(19-7-5-4-6-8-19)16-24(26)20-10-13-22(27-3)14-11-20/h4-15,23,25H,16H2,1-3H3/t23-/m0/s1. The van der Waals surface area contributed by atoms with Gasteiger partial charge in [0.2, 0.25) is 0 Å². The SMILES string of the molecule is COc1ccc(C(=O)C[C@H](Nc2ccc(C)c(C)c2)c2ccccc2)cc1. The van der Waals surface area contributed by atoms with Gasteiger partial charge in [-0.15, -0.1) is 0 Å². The molecule has 0 aliphatic heterocycles. The van der Waals surface area contributed by atoms with E-state index in [0.29, 0.717) is 12.0 Å². The highest BCUT2D eigenvalue weighted by molar-refractivity contribution is 5.96.